The van der Waals surface area contributed by atoms with Gasteiger partial charge in [-0.05, 0) is 39.7 Å². The summed E-state index contributed by atoms with van der Waals surface area (Å²) in [5.74, 6) is 0.307. The van der Waals surface area contributed by atoms with E-state index < -0.39 is 11.4 Å². The lowest BCUT2D eigenvalue weighted by Gasteiger charge is -2.43. The largest absolute Gasteiger partial charge is 0.598 e. The number of piperidine rings is 1. The molecule has 1 atom stereocenters. The van der Waals surface area contributed by atoms with E-state index in [2.05, 4.69) is 49.9 Å². The van der Waals surface area contributed by atoms with Gasteiger partial charge in [-0.15, -0.1) is 4.31 Å². The number of ether oxygens (including phenoxy) is 1. The van der Waals surface area contributed by atoms with Crippen LogP contribution in [0.4, 0.5) is 5.69 Å². The fourth-order valence-electron chi connectivity index (χ4n) is 4.26. The first-order chi connectivity index (χ1) is 12.9. The Morgan fingerprint density at radius 3 is 2.59 bits per heavy atom. The second-order valence-corrected chi connectivity index (χ2v) is 9.22. The summed E-state index contributed by atoms with van der Waals surface area (Å²) in [4.78, 5) is 14.1. The van der Waals surface area contributed by atoms with Crippen molar-refractivity contribution < 1.29 is 14.1 Å². The van der Waals surface area contributed by atoms with E-state index in [1.165, 1.54) is 18.4 Å². The van der Waals surface area contributed by atoms with Crippen molar-refractivity contribution in [2.24, 2.45) is 5.92 Å². The van der Waals surface area contributed by atoms with Crippen LogP contribution in [0.1, 0.15) is 39.2 Å². The van der Waals surface area contributed by atoms with Crippen LogP contribution >= 0.6 is 0 Å². The van der Waals surface area contributed by atoms with Gasteiger partial charge in [0.2, 0.25) is 0 Å². The Hall–Kier alpha value is -1.50. The number of likely N-dealkylation sites (N-methyl/N-ethyl adjacent to an activating group) is 1. The zero-order chi connectivity index (χ0) is 19.6. The summed E-state index contributed by atoms with van der Waals surface area (Å²) in [5, 5.41) is 0. The Morgan fingerprint density at radius 2 is 1.96 bits per heavy atom. The number of carbonyl (C=O) groups excluding carboxylic acids is 1. The molecular formula is C21H30N2O3S. The SMILES string of the molecule is CCN1c2ccccc2C(C[S+]([O-])N2CCC(C(=O)OC)CC2)=CC1(C)C. The molecule has 0 bridgehead atoms. The van der Waals surface area contributed by atoms with Crippen LogP contribution in [-0.2, 0) is 20.9 Å². The molecule has 0 spiro atoms. The third kappa shape index (κ3) is 4.18. The Bertz CT molecular complexity index is 711. The molecule has 0 N–H and O–H groups in total. The molecule has 1 saturated heterocycles. The van der Waals surface area contributed by atoms with Gasteiger partial charge in [-0.2, -0.15) is 0 Å². The molecule has 0 saturated carbocycles. The Labute approximate surface area is 165 Å². The number of para-hydroxylation sites is 1. The molecule has 1 unspecified atom stereocenters. The number of hydrogen-bond acceptors (Lipinski definition) is 5. The molecule has 2 aliphatic heterocycles. The van der Waals surface area contributed by atoms with Crippen molar-refractivity contribution >= 4 is 28.6 Å². The molecule has 0 amide bonds. The molecule has 148 valence electrons. The maximum Gasteiger partial charge on any atom is 0.308 e. The molecule has 27 heavy (non-hydrogen) atoms. The Balaban J connectivity index is 1.73. The molecule has 0 radical (unpaired) electrons. The average molecular weight is 391 g/mol. The summed E-state index contributed by atoms with van der Waals surface area (Å²) in [6, 6.07) is 8.39. The lowest BCUT2D eigenvalue weighted by molar-refractivity contribution is -0.146. The van der Waals surface area contributed by atoms with Gasteiger partial charge in [-0.3, -0.25) is 4.79 Å². The van der Waals surface area contributed by atoms with E-state index >= 15 is 0 Å². The van der Waals surface area contributed by atoms with Crippen molar-refractivity contribution in [3.63, 3.8) is 0 Å². The van der Waals surface area contributed by atoms with E-state index in [4.69, 9.17) is 4.74 Å². The highest BCUT2D eigenvalue weighted by atomic mass is 32.2. The van der Waals surface area contributed by atoms with Crippen molar-refractivity contribution in [2.75, 3.05) is 37.4 Å². The zero-order valence-corrected chi connectivity index (χ0v) is 17.6. The number of benzene rings is 1. The van der Waals surface area contributed by atoms with Gasteiger partial charge >= 0.3 is 5.97 Å². The number of anilines is 1. The minimum absolute atomic E-state index is 0.0603. The van der Waals surface area contributed by atoms with Crippen molar-refractivity contribution in [2.45, 2.75) is 39.2 Å². The van der Waals surface area contributed by atoms with Crippen LogP contribution in [0.15, 0.2) is 30.3 Å². The molecule has 5 nitrogen and oxygen atoms in total. The quantitative estimate of drug-likeness (QED) is 0.571. The van der Waals surface area contributed by atoms with Crippen LogP contribution in [-0.4, -0.2) is 52.9 Å². The number of nitrogens with zero attached hydrogens (tertiary/aromatic N) is 2. The first kappa shape index (κ1) is 20.2. The van der Waals surface area contributed by atoms with Crippen molar-refractivity contribution in [3.05, 3.63) is 35.9 Å². The predicted molar refractivity (Wildman–Crippen MR) is 111 cm³/mol. The van der Waals surface area contributed by atoms with E-state index in [1.54, 1.807) is 0 Å². The summed E-state index contributed by atoms with van der Waals surface area (Å²) in [7, 11) is 1.43. The third-order valence-electron chi connectivity index (χ3n) is 5.64. The van der Waals surface area contributed by atoms with E-state index in [-0.39, 0.29) is 17.4 Å². The standard InChI is InChI=1S/C21H30N2O3S/c1-5-23-19-9-7-6-8-18(19)17(14-21(23,2)3)15-27(25)22-12-10-16(11-13-22)20(24)26-4/h6-9,14,16H,5,10-13,15H2,1-4H3. The van der Waals surface area contributed by atoms with Crippen LogP contribution in [0, 0.1) is 5.92 Å². The molecule has 0 aliphatic carbocycles. The molecule has 1 fully saturated rings. The van der Waals surface area contributed by atoms with E-state index in [9.17, 15) is 9.35 Å². The lowest BCUT2D eigenvalue weighted by atomic mass is 9.89. The lowest BCUT2D eigenvalue weighted by Crippen LogP contribution is -2.46. The number of rotatable bonds is 5. The second kappa shape index (κ2) is 8.25. The molecule has 6 heteroatoms. The second-order valence-electron chi connectivity index (χ2n) is 7.78. The van der Waals surface area contributed by atoms with Gasteiger partial charge in [0.05, 0.1) is 18.6 Å². The average Bonchev–Trinajstić information content (AvgIpc) is 2.67. The van der Waals surface area contributed by atoms with Crippen LogP contribution in [0.3, 0.4) is 0 Å². The predicted octanol–water partition coefficient (Wildman–Crippen LogP) is 3.24. The maximum absolute atomic E-state index is 13.1. The van der Waals surface area contributed by atoms with Crippen molar-refractivity contribution in [1.82, 2.24) is 4.31 Å². The summed E-state index contributed by atoms with van der Waals surface area (Å²) >= 11 is -1.09. The van der Waals surface area contributed by atoms with Crippen LogP contribution in [0.2, 0.25) is 0 Å². The summed E-state index contributed by atoms with van der Waals surface area (Å²) in [5.41, 5.74) is 3.43. The number of hydrogen-bond donors (Lipinski definition) is 0. The van der Waals surface area contributed by atoms with Gasteiger partial charge in [0, 0.05) is 47.8 Å². The summed E-state index contributed by atoms with van der Waals surface area (Å²) < 4.78 is 19.9. The van der Waals surface area contributed by atoms with Crippen molar-refractivity contribution in [3.8, 4) is 0 Å². The minimum Gasteiger partial charge on any atom is -0.598 e. The van der Waals surface area contributed by atoms with E-state index in [1.807, 2.05) is 10.4 Å². The van der Waals surface area contributed by atoms with Gasteiger partial charge < -0.3 is 14.2 Å². The van der Waals surface area contributed by atoms with Crippen molar-refractivity contribution in [1.29, 1.82) is 0 Å². The minimum atomic E-state index is -1.09. The summed E-state index contributed by atoms with van der Waals surface area (Å²) in [6.07, 6.45) is 3.68. The monoisotopic (exact) mass is 390 g/mol. The Kier molecular flexibility index (Phi) is 6.18. The fourth-order valence-corrected chi connectivity index (χ4v) is 5.56. The highest BCUT2D eigenvalue weighted by molar-refractivity contribution is 7.89. The van der Waals surface area contributed by atoms with E-state index in [0.717, 1.165) is 12.1 Å². The van der Waals surface area contributed by atoms with Crippen LogP contribution in [0.25, 0.3) is 5.57 Å². The summed E-state index contributed by atoms with van der Waals surface area (Å²) in [6.45, 7) is 8.85. The van der Waals surface area contributed by atoms with Gasteiger partial charge in [-0.25, -0.2) is 0 Å². The first-order valence-electron chi connectivity index (χ1n) is 9.67. The molecule has 2 heterocycles. The molecule has 0 aromatic heterocycles. The topological polar surface area (TPSA) is 55.8 Å². The maximum atomic E-state index is 13.1. The number of esters is 1. The normalized spacial score (nSPS) is 21.4. The highest BCUT2D eigenvalue weighted by Gasteiger charge is 2.35. The molecular weight excluding hydrogens is 360 g/mol. The number of methoxy groups -OCH3 is 1. The zero-order valence-electron chi connectivity index (χ0n) is 16.7. The molecule has 2 aliphatic rings. The van der Waals surface area contributed by atoms with Gasteiger partial charge in [0.15, 0.2) is 5.75 Å². The van der Waals surface area contributed by atoms with Crippen LogP contribution < -0.4 is 4.90 Å². The van der Waals surface area contributed by atoms with Gasteiger partial charge in [-0.1, -0.05) is 24.3 Å². The first-order valence-corrected chi connectivity index (χ1v) is 10.9. The molecule has 3 rings (SSSR count). The smallest absolute Gasteiger partial charge is 0.308 e. The van der Waals surface area contributed by atoms with Crippen LogP contribution in [0.5, 0.6) is 0 Å². The van der Waals surface area contributed by atoms with Gasteiger partial charge in [0.25, 0.3) is 0 Å². The third-order valence-corrected chi connectivity index (χ3v) is 7.13. The van der Waals surface area contributed by atoms with Gasteiger partial charge in [0.1, 0.15) is 0 Å². The highest BCUT2D eigenvalue weighted by Crippen LogP contribution is 2.39. The number of fused-ring (bicyclic) bond motifs is 1. The molecule has 1 aromatic carbocycles. The number of carbonyl (C=O) groups is 1. The fraction of sp³-hybridized carbons (Fsp3) is 0.571. The molecule has 1 aromatic rings. The van der Waals surface area contributed by atoms with E-state index in [0.29, 0.717) is 31.7 Å². The Morgan fingerprint density at radius 1 is 1.30 bits per heavy atom.